The molecule has 3 aromatic rings. The van der Waals surface area contributed by atoms with Crippen LogP contribution in [0.3, 0.4) is 0 Å². The van der Waals surface area contributed by atoms with E-state index in [4.69, 9.17) is 21.1 Å². The average molecular weight is 449 g/mol. The first-order chi connectivity index (χ1) is 15.4. The average Bonchev–Trinajstić information content (AvgIpc) is 3.03. The van der Waals surface area contributed by atoms with Gasteiger partial charge in [-0.25, -0.2) is 4.90 Å². The van der Waals surface area contributed by atoms with E-state index in [0.717, 1.165) is 10.5 Å². The molecule has 1 heterocycles. The normalized spacial score (nSPS) is 13.6. The van der Waals surface area contributed by atoms with Crippen molar-refractivity contribution in [3.8, 4) is 11.5 Å². The molecule has 0 unspecified atom stereocenters. The van der Waals surface area contributed by atoms with E-state index in [1.165, 1.54) is 13.2 Å². The van der Waals surface area contributed by atoms with Crippen molar-refractivity contribution in [2.45, 2.75) is 6.92 Å². The second-order valence-corrected chi connectivity index (χ2v) is 7.64. The highest BCUT2D eigenvalue weighted by Gasteiger charge is 2.40. The maximum Gasteiger partial charge on any atom is 0.282 e. The molecule has 0 atom stereocenters. The third kappa shape index (κ3) is 3.92. The van der Waals surface area contributed by atoms with Crippen molar-refractivity contribution in [2.75, 3.05) is 24.4 Å². The minimum atomic E-state index is -0.477. The number of rotatable bonds is 6. The van der Waals surface area contributed by atoms with E-state index in [2.05, 4.69) is 5.32 Å². The third-order valence-corrected chi connectivity index (χ3v) is 5.45. The summed E-state index contributed by atoms with van der Waals surface area (Å²) in [6.45, 7) is 1.96. The Bertz CT molecular complexity index is 1230. The van der Waals surface area contributed by atoms with Crippen molar-refractivity contribution in [3.63, 3.8) is 0 Å². The van der Waals surface area contributed by atoms with Crippen LogP contribution in [-0.2, 0) is 9.59 Å². The fourth-order valence-electron chi connectivity index (χ4n) is 3.51. The first-order valence-electron chi connectivity index (χ1n) is 9.87. The summed E-state index contributed by atoms with van der Waals surface area (Å²) in [6, 6.07) is 19.4. The number of ether oxygens (including phenoxy) is 2. The van der Waals surface area contributed by atoms with Crippen molar-refractivity contribution < 1.29 is 19.1 Å². The van der Waals surface area contributed by atoms with Crippen LogP contribution >= 0.6 is 11.6 Å². The van der Waals surface area contributed by atoms with Crippen LogP contribution in [0.15, 0.2) is 72.4 Å². The van der Waals surface area contributed by atoms with Crippen LogP contribution in [0, 0.1) is 6.92 Å². The largest absolute Gasteiger partial charge is 0.497 e. The Morgan fingerprint density at radius 1 is 0.875 bits per heavy atom. The molecule has 0 spiro atoms. The summed E-state index contributed by atoms with van der Waals surface area (Å²) in [5, 5.41) is 3.43. The summed E-state index contributed by atoms with van der Waals surface area (Å²) in [4.78, 5) is 28.1. The van der Waals surface area contributed by atoms with Crippen molar-refractivity contribution in [1.82, 2.24) is 0 Å². The van der Waals surface area contributed by atoms with Crippen LogP contribution in [0.2, 0.25) is 5.02 Å². The molecule has 3 aromatic carbocycles. The lowest BCUT2D eigenvalue weighted by Crippen LogP contribution is -2.32. The predicted molar refractivity (Wildman–Crippen MR) is 125 cm³/mol. The monoisotopic (exact) mass is 448 g/mol. The molecule has 0 saturated carbocycles. The molecule has 2 amide bonds. The zero-order chi connectivity index (χ0) is 22.8. The number of nitrogens with zero attached hydrogens (tertiary/aromatic N) is 1. The van der Waals surface area contributed by atoms with Gasteiger partial charge in [-0.1, -0.05) is 47.5 Å². The van der Waals surface area contributed by atoms with Gasteiger partial charge in [0.05, 0.1) is 30.5 Å². The summed E-state index contributed by atoms with van der Waals surface area (Å²) in [7, 11) is 3.07. The van der Waals surface area contributed by atoms with Gasteiger partial charge in [0.25, 0.3) is 11.8 Å². The maximum atomic E-state index is 13.5. The van der Waals surface area contributed by atoms with E-state index in [0.29, 0.717) is 33.5 Å². The van der Waals surface area contributed by atoms with E-state index in [-0.39, 0.29) is 11.3 Å². The molecule has 0 aromatic heterocycles. The summed E-state index contributed by atoms with van der Waals surface area (Å²) >= 11 is 6.26. The minimum Gasteiger partial charge on any atom is -0.497 e. The highest BCUT2D eigenvalue weighted by atomic mass is 35.5. The maximum absolute atomic E-state index is 13.5. The molecular formula is C25H21ClN2O4. The number of anilines is 2. The molecule has 162 valence electrons. The summed E-state index contributed by atoms with van der Waals surface area (Å²) in [6.07, 6.45) is 0. The van der Waals surface area contributed by atoms with Crippen LogP contribution in [0.5, 0.6) is 11.5 Å². The summed E-state index contributed by atoms with van der Waals surface area (Å²) in [5.74, 6) is 0.166. The van der Waals surface area contributed by atoms with Crippen LogP contribution in [-0.4, -0.2) is 26.0 Å². The Labute approximate surface area is 191 Å². The first-order valence-corrected chi connectivity index (χ1v) is 10.3. The molecule has 0 aliphatic carbocycles. The van der Waals surface area contributed by atoms with Gasteiger partial charge >= 0.3 is 0 Å². The van der Waals surface area contributed by atoms with Gasteiger partial charge in [-0.3, -0.25) is 9.59 Å². The molecule has 1 aliphatic heterocycles. The second-order valence-electron chi connectivity index (χ2n) is 7.24. The number of carbonyl (C=O) groups excluding carboxylic acids is 2. The highest BCUT2D eigenvalue weighted by Crippen LogP contribution is 2.37. The third-order valence-electron chi connectivity index (χ3n) is 5.16. The zero-order valence-electron chi connectivity index (χ0n) is 17.8. The van der Waals surface area contributed by atoms with Gasteiger partial charge in [0.1, 0.15) is 17.2 Å². The quantitative estimate of drug-likeness (QED) is 0.534. The van der Waals surface area contributed by atoms with Crippen molar-refractivity contribution in [3.05, 3.63) is 88.6 Å². The number of halogens is 1. The van der Waals surface area contributed by atoms with Gasteiger partial charge in [0.2, 0.25) is 0 Å². The SMILES string of the molecule is COc1cccc(NC2=C(c3ccc(C)cc3)C(=O)N(c3ccc(OC)c(Cl)c3)C2=O)c1. The van der Waals surface area contributed by atoms with Crippen LogP contribution in [0.4, 0.5) is 11.4 Å². The molecular weight excluding hydrogens is 428 g/mol. The second kappa shape index (κ2) is 8.77. The number of nitrogens with one attached hydrogen (secondary N) is 1. The fraction of sp³-hybridized carbons (Fsp3) is 0.120. The first kappa shape index (κ1) is 21.5. The van der Waals surface area contributed by atoms with Crippen LogP contribution < -0.4 is 19.7 Å². The lowest BCUT2D eigenvalue weighted by molar-refractivity contribution is -0.120. The number of methoxy groups -OCH3 is 2. The molecule has 4 rings (SSSR count). The van der Waals surface area contributed by atoms with Gasteiger partial charge in [0.15, 0.2) is 0 Å². The van der Waals surface area contributed by atoms with Gasteiger partial charge in [-0.15, -0.1) is 0 Å². The molecule has 0 bridgehead atoms. The van der Waals surface area contributed by atoms with Gasteiger partial charge in [-0.05, 0) is 42.8 Å². The Kier molecular flexibility index (Phi) is 5.88. The number of amides is 2. The van der Waals surface area contributed by atoms with Crippen molar-refractivity contribution >= 4 is 40.4 Å². The Hall–Kier alpha value is -3.77. The lowest BCUT2D eigenvalue weighted by atomic mass is 10.0. The van der Waals surface area contributed by atoms with E-state index in [9.17, 15) is 9.59 Å². The Balaban J connectivity index is 1.81. The predicted octanol–water partition coefficient (Wildman–Crippen LogP) is 5.06. The lowest BCUT2D eigenvalue weighted by Gasteiger charge is -2.16. The molecule has 0 radical (unpaired) electrons. The fourth-order valence-corrected chi connectivity index (χ4v) is 3.76. The van der Waals surface area contributed by atoms with E-state index >= 15 is 0 Å². The molecule has 6 nitrogen and oxygen atoms in total. The number of hydrogen-bond acceptors (Lipinski definition) is 5. The number of hydrogen-bond donors (Lipinski definition) is 1. The summed E-state index contributed by atoms with van der Waals surface area (Å²) < 4.78 is 10.5. The molecule has 0 saturated heterocycles. The van der Waals surface area contributed by atoms with Gasteiger partial charge in [0, 0.05) is 11.8 Å². The van der Waals surface area contributed by atoms with Gasteiger partial charge < -0.3 is 14.8 Å². The number of aryl methyl sites for hydroxylation is 1. The number of carbonyl (C=O) groups is 2. The van der Waals surface area contributed by atoms with Crippen molar-refractivity contribution in [2.24, 2.45) is 0 Å². The molecule has 32 heavy (non-hydrogen) atoms. The van der Waals surface area contributed by atoms with Crippen LogP contribution in [0.1, 0.15) is 11.1 Å². The highest BCUT2D eigenvalue weighted by molar-refractivity contribution is 6.46. The molecule has 1 N–H and O–H groups in total. The molecule has 7 heteroatoms. The smallest absolute Gasteiger partial charge is 0.282 e. The topological polar surface area (TPSA) is 67.9 Å². The Morgan fingerprint density at radius 3 is 2.28 bits per heavy atom. The van der Waals surface area contributed by atoms with Crippen molar-refractivity contribution in [1.29, 1.82) is 0 Å². The number of imide groups is 1. The molecule has 1 aliphatic rings. The Morgan fingerprint density at radius 2 is 1.62 bits per heavy atom. The minimum absolute atomic E-state index is 0.180. The summed E-state index contributed by atoms with van der Waals surface area (Å²) in [5.41, 5.74) is 3.13. The van der Waals surface area contributed by atoms with Gasteiger partial charge in [-0.2, -0.15) is 0 Å². The standard InChI is InChI=1S/C25H21ClN2O4/c1-15-7-9-16(10-8-15)22-23(27-17-5-4-6-19(13-17)31-2)25(30)28(24(22)29)18-11-12-21(32-3)20(26)14-18/h4-14,27H,1-3H3. The molecule has 0 fully saturated rings. The number of benzene rings is 3. The van der Waals surface area contributed by atoms with E-state index in [1.807, 2.05) is 31.2 Å². The van der Waals surface area contributed by atoms with E-state index < -0.39 is 11.8 Å². The van der Waals surface area contributed by atoms with Crippen LogP contribution in [0.25, 0.3) is 5.57 Å². The van der Waals surface area contributed by atoms with E-state index in [1.54, 1.807) is 43.5 Å². The zero-order valence-corrected chi connectivity index (χ0v) is 18.6.